The standard InChI is InChI=1S/C13H21N3O5/c1-9(17)14-7-10(18)15-8-11(19)16-13(12(20)21)5-3-2-4-6-13/h2-8H2,1H3,(H,14,17)(H,15,18)(H,16,19)(H,20,21). The van der Waals surface area contributed by atoms with Gasteiger partial charge in [-0.3, -0.25) is 14.4 Å². The molecule has 0 saturated heterocycles. The van der Waals surface area contributed by atoms with Crippen LogP contribution in [0.5, 0.6) is 0 Å². The lowest BCUT2D eigenvalue weighted by atomic mass is 9.81. The highest BCUT2D eigenvalue weighted by Gasteiger charge is 2.40. The molecule has 0 spiro atoms. The van der Waals surface area contributed by atoms with Crippen LogP contribution >= 0.6 is 0 Å². The molecule has 8 nitrogen and oxygen atoms in total. The van der Waals surface area contributed by atoms with Gasteiger partial charge in [-0.05, 0) is 12.8 Å². The zero-order chi connectivity index (χ0) is 15.9. The molecule has 4 N–H and O–H groups in total. The summed E-state index contributed by atoms with van der Waals surface area (Å²) in [6.07, 6.45) is 3.25. The predicted molar refractivity (Wildman–Crippen MR) is 73.3 cm³/mol. The SMILES string of the molecule is CC(=O)NCC(=O)NCC(=O)NC1(C(=O)O)CCCCC1. The molecule has 0 heterocycles. The summed E-state index contributed by atoms with van der Waals surface area (Å²) in [6, 6.07) is 0. The molecule has 0 aromatic rings. The third-order valence-electron chi connectivity index (χ3n) is 3.44. The molecule has 0 aromatic carbocycles. The van der Waals surface area contributed by atoms with Crippen LogP contribution in [-0.2, 0) is 19.2 Å². The Morgan fingerprint density at radius 3 is 2.05 bits per heavy atom. The van der Waals surface area contributed by atoms with E-state index in [0.29, 0.717) is 12.8 Å². The van der Waals surface area contributed by atoms with Crippen molar-refractivity contribution in [3.8, 4) is 0 Å². The van der Waals surface area contributed by atoms with E-state index in [1.165, 1.54) is 6.92 Å². The van der Waals surface area contributed by atoms with E-state index in [1.54, 1.807) is 0 Å². The summed E-state index contributed by atoms with van der Waals surface area (Å²) < 4.78 is 0. The van der Waals surface area contributed by atoms with Gasteiger partial charge in [0.2, 0.25) is 17.7 Å². The molecular weight excluding hydrogens is 278 g/mol. The first-order valence-electron chi connectivity index (χ1n) is 6.91. The number of hydrogen-bond donors (Lipinski definition) is 4. The Balaban J connectivity index is 2.42. The highest BCUT2D eigenvalue weighted by Crippen LogP contribution is 2.28. The second kappa shape index (κ2) is 7.61. The maximum atomic E-state index is 11.8. The van der Waals surface area contributed by atoms with E-state index in [9.17, 15) is 24.3 Å². The van der Waals surface area contributed by atoms with Crippen LogP contribution in [0.1, 0.15) is 39.0 Å². The largest absolute Gasteiger partial charge is 0.480 e. The summed E-state index contributed by atoms with van der Waals surface area (Å²) in [5.41, 5.74) is -1.22. The lowest BCUT2D eigenvalue weighted by Crippen LogP contribution is -2.57. The maximum absolute atomic E-state index is 11.8. The van der Waals surface area contributed by atoms with Crippen molar-refractivity contribution < 1.29 is 24.3 Å². The van der Waals surface area contributed by atoms with Gasteiger partial charge < -0.3 is 21.1 Å². The Morgan fingerprint density at radius 2 is 1.52 bits per heavy atom. The number of carbonyl (C=O) groups is 4. The molecule has 0 aliphatic heterocycles. The van der Waals surface area contributed by atoms with Crippen molar-refractivity contribution in [2.45, 2.75) is 44.6 Å². The van der Waals surface area contributed by atoms with Gasteiger partial charge in [0.05, 0.1) is 13.1 Å². The Kier molecular flexibility index (Phi) is 6.13. The number of carboxylic acids is 1. The van der Waals surface area contributed by atoms with Gasteiger partial charge in [0.1, 0.15) is 5.54 Å². The van der Waals surface area contributed by atoms with Gasteiger partial charge in [-0.2, -0.15) is 0 Å². The van der Waals surface area contributed by atoms with Crippen molar-refractivity contribution in [3.63, 3.8) is 0 Å². The van der Waals surface area contributed by atoms with Gasteiger partial charge in [0.15, 0.2) is 0 Å². The Hall–Kier alpha value is -2.12. The summed E-state index contributed by atoms with van der Waals surface area (Å²) in [7, 11) is 0. The van der Waals surface area contributed by atoms with Gasteiger partial charge in [0.25, 0.3) is 0 Å². The molecule has 1 aliphatic rings. The van der Waals surface area contributed by atoms with Gasteiger partial charge in [-0.15, -0.1) is 0 Å². The Bertz CT molecular complexity index is 430. The van der Waals surface area contributed by atoms with Crippen molar-refractivity contribution in [2.24, 2.45) is 0 Å². The third kappa shape index (κ3) is 5.41. The average Bonchev–Trinajstić information content (AvgIpc) is 2.43. The molecule has 21 heavy (non-hydrogen) atoms. The molecular formula is C13H21N3O5. The third-order valence-corrected chi connectivity index (χ3v) is 3.44. The van der Waals surface area contributed by atoms with Crippen molar-refractivity contribution >= 4 is 23.7 Å². The second-order valence-electron chi connectivity index (χ2n) is 5.18. The van der Waals surface area contributed by atoms with Crippen LogP contribution < -0.4 is 16.0 Å². The molecule has 0 unspecified atom stereocenters. The van der Waals surface area contributed by atoms with Gasteiger partial charge in [0, 0.05) is 6.92 Å². The zero-order valence-corrected chi connectivity index (χ0v) is 12.0. The minimum atomic E-state index is -1.22. The highest BCUT2D eigenvalue weighted by molar-refractivity contribution is 5.91. The first-order valence-corrected chi connectivity index (χ1v) is 6.91. The normalized spacial score (nSPS) is 16.6. The van der Waals surface area contributed by atoms with E-state index in [4.69, 9.17) is 0 Å². The zero-order valence-electron chi connectivity index (χ0n) is 12.0. The van der Waals surface area contributed by atoms with E-state index < -0.39 is 23.3 Å². The number of nitrogens with one attached hydrogen (secondary N) is 3. The minimum Gasteiger partial charge on any atom is -0.480 e. The molecule has 0 atom stereocenters. The molecule has 3 amide bonds. The highest BCUT2D eigenvalue weighted by atomic mass is 16.4. The summed E-state index contributed by atoms with van der Waals surface area (Å²) in [5, 5.41) is 16.4. The molecule has 118 valence electrons. The predicted octanol–water partition coefficient (Wildman–Crippen LogP) is -0.858. The summed E-state index contributed by atoms with van der Waals surface area (Å²) in [4.78, 5) is 45.1. The van der Waals surface area contributed by atoms with Gasteiger partial charge in [-0.1, -0.05) is 19.3 Å². The smallest absolute Gasteiger partial charge is 0.329 e. The number of rotatable bonds is 6. The lowest BCUT2D eigenvalue weighted by molar-refractivity contribution is -0.149. The van der Waals surface area contributed by atoms with E-state index in [0.717, 1.165) is 19.3 Å². The molecule has 0 bridgehead atoms. The van der Waals surface area contributed by atoms with Crippen LogP contribution in [0.2, 0.25) is 0 Å². The van der Waals surface area contributed by atoms with Gasteiger partial charge >= 0.3 is 5.97 Å². The summed E-state index contributed by atoms with van der Waals surface area (Å²) in [6.45, 7) is 0.750. The first-order chi connectivity index (χ1) is 9.85. The molecule has 1 rings (SSSR count). The van der Waals surface area contributed by atoms with Crippen LogP contribution in [0.15, 0.2) is 0 Å². The molecule has 0 radical (unpaired) electrons. The molecule has 1 aliphatic carbocycles. The Morgan fingerprint density at radius 1 is 0.952 bits per heavy atom. The quantitative estimate of drug-likeness (QED) is 0.508. The Labute approximate surface area is 122 Å². The van der Waals surface area contributed by atoms with Crippen LogP contribution in [0.4, 0.5) is 0 Å². The van der Waals surface area contributed by atoms with Crippen molar-refractivity contribution in [3.05, 3.63) is 0 Å². The number of amides is 3. The van der Waals surface area contributed by atoms with Crippen molar-refractivity contribution in [1.29, 1.82) is 0 Å². The van der Waals surface area contributed by atoms with Crippen LogP contribution in [0.3, 0.4) is 0 Å². The fraction of sp³-hybridized carbons (Fsp3) is 0.692. The minimum absolute atomic E-state index is 0.216. The number of hydrogen-bond acceptors (Lipinski definition) is 4. The van der Waals surface area contributed by atoms with E-state index >= 15 is 0 Å². The molecule has 8 heteroatoms. The van der Waals surface area contributed by atoms with Crippen molar-refractivity contribution in [1.82, 2.24) is 16.0 Å². The summed E-state index contributed by atoms with van der Waals surface area (Å²) >= 11 is 0. The van der Waals surface area contributed by atoms with Crippen LogP contribution in [0.25, 0.3) is 0 Å². The average molecular weight is 299 g/mol. The topological polar surface area (TPSA) is 125 Å². The lowest BCUT2D eigenvalue weighted by Gasteiger charge is -2.33. The second-order valence-corrected chi connectivity index (χ2v) is 5.18. The van der Waals surface area contributed by atoms with E-state index in [1.807, 2.05) is 0 Å². The van der Waals surface area contributed by atoms with Crippen molar-refractivity contribution in [2.75, 3.05) is 13.1 Å². The van der Waals surface area contributed by atoms with Crippen LogP contribution in [0, 0.1) is 0 Å². The fourth-order valence-electron chi connectivity index (χ4n) is 2.30. The number of carbonyl (C=O) groups excluding carboxylic acids is 3. The fourth-order valence-corrected chi connectivity index (χ4v) is 2.30. The van der Waals surface area contributed by atoms with E-state index in [2.05, 4.69) is 16.0 Å². The van der Waals surface area contributed by atoms with Crippen LogP contribution in [-0.4, -0.2) is 47.4 Å². The maximum Gasteiger partial charge on any atom is 0.329 e. The monoisotopic (exact) mass is 299 g/mol. The molecule has 0 aromatic heterocycles. The van der Waals surface area contributed by atoms with Gasteiger partial charge in [-0.25, -0.2) is 4.79 Å². The number of aliphatic carboxylic acids is 1. The van der Waals surface area contributed by atoms with E-state index in [-0.39, 0.29) is 19.0 Å². The summed E-state index contributed by atoms with van der Waals surface area (Å²) in [5.74, 6) is -2.44. The molecule has 1 fully saturated rings. The first kappa shape index (κ1) is 16.9. The molecule has 1 saturated carbocycles. The number of carboxylic acid groups (broad SMARTS) is 1.